The van der Waals surface area contributed by atoms with Crippen molar-refractivity contribution in [1.82, 2.24) is 10.2 Å². The zero-order valence-electron chi connectivity index (χ0n) is 14.1. The first-order valence-electron chi connectivity index (χ1n) is 8.25. The molecule has 2 amide bonds. The van der Waals surface area contributed by atoms with Gasteiger partial charge in [0.05, 0.1) is 6.42 Å². The van der Waals surface area contributed by atoms with Crippen LogP contribution in [0.25, 0.3) is 0 Å². The molecule has 0 atom stereocenters. The van der Waals surface area contributed by atoms with Crippen LogP contribution in [0.15, 0.2) is 60.7 Å². The van der Waals surface area contributed by atoms with Crippen LogP contribution in [0.1, 0.15) is 18.1 Å². The number of benzene rings is 2. The standard InChI is InChI=1S/C20H24N2O2/c1-17(23)22(14-12-18-8-4-2-5-9-18)15-13-21-20(24)16-19-10-6-3-7-11-19/h2-11H,12-16H2,1H3,(H,21,24). The van der Waals surface area contributed by atoms with Gasteiger partial charge in [-0.2, -0.15) is 0 Å². The van der Waals surface area contributed by atoms with Crippen molar-refractivity contribution < 1.29 is 9.59 Å². The molecule has 0 aliphatic heterocycles. The van der Waals surface area contributed by atoms with E-state index in [-0.39, 0.29) is 11.8 Å². The second kappa shape index (κ2) is 9.50. The summed E-state index contributed by atoms with van der Waals surface area (Å²) in [6, 6.07) is 19.7. The molecule has 0 fully saturated rings. The Bertz CT molecular complexity index is 641. The van der Waals surface area contributed by atoms with Gasteiger partial charge in [-0.3, -0.25) is 9.59 Å². The second-order valence-corrected chi connectivity index (χ2v) is 5.75. The molecule has 2 rings (SSSR count). The van der Waals surface area contributed by atoms with E-state index in [1.54, 1.807) is 11.8 Å². The highest BCUT2D eigenvalue weighted by Crippen LogP contribution is 2.02. The van der Waals surface area contributed by atoms with Crippen molar-refractivity contribution in [3.63, 3.8) is 0 Å². The molecule has 1 N–H and O–H groups in total. The summed E-state index contributed by atoms with van der Waals surface area (Å²) in [6.07, 6.45) is 1.18. The molecule has 0 radical (unpaired) electrons. The number of hydrogen-bond acceptors (Lipinski definition) is 2. The van der Waals surface area contributed by atoms with Crippen LogP contribution in [0.5, 0.6) is 0 Å². The predicted molar refractivity (Wildman–Crippen MR) is 95.6 cm³/mol. The van der Waals surface area contributed by atoms with Crippen LogP contribution in [0.2, 0.25) is 0 Å². The van der Waals surface area contributed by atoms with Gasteiger partial charge in [0.25, 0.3) is 0 Å². The molecule has 0 spiro atoms. The van der Waals surface area contributed by atoms with Gasteiger partial charge in [0.15, 0.2) is 0 Å². The number of carbonyl (C=O) groups excluding carboxylic acids is 2. The lowest BCUT2D eigenvalue weighted by molar-refractivity contribution is -0.129. The molecular formula is C20H24N2O2. The van der Waals surface area contributed by atoms with Crippen molar-refractivity contribution in [2.75, 3.05) is 19.6 Å². The Labute approximate surface area is 143 Å². The number of hydrogen-bond donors (Lipinski definition) is 1. The van der Waals surface area contributed by atoms with E-state index in [0.29, 0.717) is 26.1 Å². The van der Waals surface area contributed by atoms with Crippen LogP contribution in [0.3, 0.4) is 0 Å². The van der Waals surface area contributed by atoms with Gasteiger partial charge in [-0.25, -0.2) is 0 Å². The van der Waals surface area contributed by atoms with Gasteiger partial charge >= 0.3 is 0 Å². The maximum absolute atomic E-state index is 11.9. The minimum atomic E-state index is -0.0206. The highest BCUT2D eigenvalue weighted by atomic mass is 16.2. The number of nitrogens with zero attached hydrogens (tertiary/aromatic N) is 1. The quantitative estimate of drug-likeness (QED) is 0.811. The molecule has 0 aliphatic carbocycles. The van der Waals surface area contributed by atoms with Crippen molar-refractivity contribution in [2.24, 2.45) is 0 Å². The maximum atomic E-state index is 11.9. The van der Waals surface area contributed by atoms with Gasteiger partial charge in [0, 0.05) is 26.6 Å². The number of amides is 2. The molecule has 126 valence electrons. The highest BCUT2D eigenvalue weighted by molar-refractivity contribution is 5.78. The largest absolute Gasteiger partial charge is 0.354 e. The average Bonchev–Trinajstić information content (AvgIpc) is 2.59. The monoisotopic (exact) mass is 324 g/mol. The van der Waals surface area contributed by atoms with Gasteiger partial charge in [0.1, 0.15) is 0 Å². The van der Waals surface area contributed by atoms with Gasteiger partial charge in [-0.1, -0.05) is 60.7 Å². The fraction of sp³-hybridized carbons (Fsp3) is 0.300. The highest BCUT2D eigenvalue weighted by Gasteiger charge is 2.09. The van der Waals surface area contributed by atoms with Crippen molar-refractivity contribution in [3.05, 3.63) is 71.8 Å². The van der Waals surface area contributed by atoms with Gasteiger partial charge in [-0.05, 0) is 17.5 Å². The summed E-state index contributed by atoms with van der Waals surface area (Å²) in [5.41, 5.74) is 2.19. The molecule has 0 saturated carbocycles. The van der Waals surface area contributed by atoms with Gasteiger partial charge in [-0.15, -0.1) is 0 Å². The molecule has 0 bridgehead atoms. The van der Waals surface area contributed by atoms with E-state index in [2.05, 4.69) is 17.4 Å². The Morgan fingerprint density at radius 3 is 2.04 bits per heavy atom. The van der Waals surface area contributed by atoms with Crippen LogP contribution in [-0.4, -0.2) is 36.3 Å². The fourth-order valence-corrected chi connectivity index (χ4v) is 2.51. The van der Waals surface area contributed by atoms with Gasteiger partial charge < -0.3 is 10.2 Å². The molecule has 2 aromatic carbocycles. The molecule has 4 heteroatoms. The van der Waals surface area contributed by atoms with Crippen molar-refractivity contribution in [3.8, 4) is 0 Å². The fourth-order valence-electron chi connectivity index (χ4n) is 2.51. The van der Waals surface area contributed by atoms with Crippen molar-refractivity contribution >= 4 is 11.8 Å². The molecule has 0 unspecified atom stereocenters. The first-order chi connectivity index (χ1) is 11.6. The summed E-state index contributed by atoms with van der Waals surface area (Å²) < 4.78 is 0. The summed E-state index contributed by atoms with van der Waals surface area (Å²) in [6.45, 7) is 3.23. The zero-order chi connectivity index (χ0) is 17.2. The summed E-state index contributed by atoms with van der Waals surface area (Å²) in [5, 5.41) is 2.88. The lowest BCUT2D eigenvalue weighted by Crippen LogP contribution is -2.39. The SMILES string of the molecule is CC(=O)N(CCNC(=O)Cc1ccccc1)CCc1ccccc1. The van der Waals surface area contributed by atoms with E-state index >= 15 is 0 Å². The summed E-state index contributed by atoms with van der Waals surface area (Å²) >= 11 is 0. The van der Waals surface area contributed by atoms with Crippen LogP contribution in [-0.2, 0) is 22.4 Å². The van der Waals surface area contributed by atoms with E-state index in [1.807, 2.05) is 48.5 Å². The third-order valence-electron chi connectivity index (χ3n) is 3.87. The molecule has 0 saturated heterocycles. The number of carbonyl (C=O) groups is 2. The maximum Gasteiger partial charge on any atom is 0.224 e. The van der Waals surface area contributed by atoms with Crippen LogP contribution >= 0.6 is 0 Å². The normalized spacial score (nSPS) is 10.2. The average molecular weight is 324 g/mol. The Balaban J connectivity index is 1.73. The van der Waals surface area contributed by atoms with E-state index in [1.165, 1.54) is 5.56 Å². The third-order valence-corrected chi connectivity index (χ3v) is 3.87. The summed E-state index contributed by atoms with van der Waals surface area (Å²) in [5.74, 6) is 0.0102. The van der Waals surface area contributed by atoms with Crippen LogP contribution in [0.4, 0.5) is 0 Å². The first-order valence-corrected chi connectivity index (χ1v) is 8.25. The Hall–Kier alpha value is -2.62. The van der Waals surface area contributed by atoms with E-state index in [9.17, 15) is 9.59 Å². The first kappa shape index (κ1) is 17.7. The molecule has 0 aliphatic rings. The van der Waals surface area contributed by atoms with Crippen LogP contribution in [0, 0.1) is 0 Å². The molecule has 24 heavy (non-hydrogen) atoms. The number of rotatable bonds is 8. The molecule has 0 aromatic heterocycles. The summed E-state index contributed by atoms with van der Waals surface area (Å²) in [4.78, 5) is 25.4. The van der Waals surface area contributed by atoms with Crippen molar-refractivity contribution in [1.29, 1.82) is 0 Å². The van der Waals surface area contributed by atoms with E-state index in [0.717, 1.165) is 12.0 Å². The molecule has 2 aromatic rings. The summed E-state index contributed by atoms with van der Waals surface area (Å²) in [7, 11) is 0. The second-order valence-electron chi connectivity index (χ2n) is 5.75. The van der Waals surface area contributed by atoms with E-state index < -0.39 is 0 Å². The van der Waals surface area contributed by atoms with Crippen molar-refractivity contribution in [2.45, 2.75) is 19.8 Å². The Kier molecular flexibility index (Phi) is 7.02. The Morgan fingerprint density at radius 1 is 0.875 bits per heavy atom. The Morgan fingerprint density at radius 2 is 1.46 bits per heavy atom. The third kappa shape index (κ3) is 6.24. The number of nitrogens with one attached hydrogen (secondary N) is 1. The lowest BCUT2D eigenvalue weighted by atomic mass is 10.1. The minimum Gasteiger partial charge on any atom is -0.354 e. The van der Waals surface area contributed by atoms with Crippen LogP contribution < -0.4 is 5.32 Å². The molecular weight excluding hydrogens is 300 g/mol. The lowest BCUT2D eigenvalue weighted by Gasteiger charge is -2.21. The molecule has 0 heterocycles. The smallest absolute Gasteiger partial charge is 0.224 e. The minimum absolute atomic E-state index is 0.0206. The topological polar surface area (TPSA) is 49.4 Å². The molecule has 4 nitrogen and oxygen atoms in total. The van der Waals surface area contributed by atoms with Gasteiger partial charge in [0.2, 0.25) is 11.8 Å². The zero-order valence-corrected chi connectivity index (χ0v) is 14.1. The predicted octanol–water partition coefficient (Wildman–Crippen LogP) is 2.44. The van der Waals surface area contributed by atoms with E-state index in [4.69, 9.17) is 0 Å².